The summed E-state index contributed by atoms with van der Waals surface area (Å²) in [5.41, 5.74) is 13.4. The van der Waals surface area contributed by atoms with Gasteiger partial charge in [-0.15, -0.1) is 0 Å². The van der Waals surface area contributed by atoms with E-state index < -0.39 is 5.97 Å². The highest BCUT2D eigenvalue weighted by Gasteiger charge is 2.18. The van der Waals surface area contributed by atoms with Gasteiger partial charge >= 0.3 is 5.97 Å². The summed E-state index contributed by atoms with van der Waals surface area (Å²) >= 11 is 5.95. The van der Waals surface area contributed by atoms with Gasteiger partial charge in [0.15, 0.2) is 5.69 Å². The molecule has 1 aromatic carbocycles. The Balaban J connectivity index is 2.68. The van der Waals surface area contributed by atoms with Gasteiger partial charge in [-0.25, -0.2) is 9.78 Å². The summed E-state index contributed by atoms with van der Waals surface area (Å²) in [6.07, 6.45) is 0. The highest BCUT2D eigenvalue weighted by molar-refractivity contribution is 6.35. The molecule has 0 aliphatic carbocycles. The molecular formula is C14H11ClN4O2. The van der Waals surface area contributed by atoms with Crippen LogP contribution in [0.15, 0.2) is 24.3 Å². The number of nitrogens with zero attached hydrogens (tertiary/aromatic N) is 2. The van der Waals surface area contributed by atoms with E-state index >= 15 is 0 Å². The first-order valence-corrected chi connectivity index (χ1v) is 6.20. The minimum atomic E-state index is -0.705. The van der Waals surface area contributed by atoms with Crippen LogP contribution in [0.3, 0.4) is 0 Å². The minimum Gasteiger partial charge on any atom is -0.464 e. The van der Waals surface area contributed by atoms with E-state index in [0.29, 0.717) is 22.5 Å². The van der Waals surface area contributed by atoms with Crippen molar-refractivity contribution in [2.45, 2.75) is 0 Å². The number of nitrogens with two attached hydrogens (primary N) is 2. The Morgan fingerprint density at radius 2 is 2.05 bits per heavy atom. The number of ether oxygens (including phenoxy) is 1. The summed E-state index contributed by atoms with van der Waals surface area (Å²) in [4.78, 5) is 15.8. The van der Waals surface area contributed by atoms with Crippen LogP contribution in [-0.4, -0.2) is 18.1 Å². The molecule has 2 rings (SSSR count). The van der Waals surface area contributed by atoms with Crippen molar-refractivity contribution in [1.29, 1.82) is 5.26 Å². The van der Waals surface area contributed by atoms with E-state index in [4.69, 9.17) is 28.3 Å². The van der Waals surface area contributed by atoms with Crippen molar-refractivity contribution in [2.75, 3.05) is 18.6 Å². The number of esters is 1. The lowest BCUT2D eigenvalue weighted by molar-refractivity contribution is 0.0594. The molecular weight excluding hydrogens is 292 g/mol. The van der Waals surface area contributed by atoms with Gasteiger partial charge in [-0.2, -0.15) is 5.26 Å². The molecule has 4 N–H and O–H groups in total. The molecule has 0 spiro atoms. The molecule has 1 aromatic heterocycles. The zero-order valence-electron chi connectivity index (χ0n) is 11.1. The largest absolute Gasteiger partial charge is 0.464 e. The molecule has 6 nitrogen and oxygen atoms in total. The molecule has 106 valence electrons. The summed E-state index contributed by atoms with van der Waals surface area (Å²) in [6, 6.07) is 8.22. The smallest absolute Gasteiger partial charge is 0.358 e. The first-order valence-electron chi connectivity index (χ1n) is 5.82. The number of hydrogen-bond acceptors (Lipinski definition) is 6. The number of halogens is 1. The van der Waals surface area contributed by atoms with Gasteiger partial charge in [0.05, 0.1) is 35.1 Å². The van der Waals surface area contributed by atoms with Crippen LogP contribution in [-0.2, 0) is 4.74 Å². The lowest BCUT2D eigenvalue weighted by Crippen LogP contribution is -2.08. The van der Waals surface area contributed by atoms with Crippen molar-refractivity contribution >= 4 is 28.9 Å². The summed E-state index contributed by atoms with van der Waals surface area (Å²) < 4.78 is 4.61. The minimum absolute atomic E-state index is 0.0145. The van der Waals surface area contributed by atoms with Gasteiger partial charge in [0, 0.05) is 11.3 Å². The molecule has 7 heteroatoms. The second-order valence-corrected chi connectivity index (χ2v) is 4.54. The topological polar surface area (TPSA) is 115 Å². The van der Waals surface area contributed by atoms with Crippen LogP contribution >= 0.6 is 11.6 Å². The van der Waals surface area contributed by atoms with Crippen molar-refractivity contribution < 1.29 is 9.53 Å². The number of nitriles is 1. The molecule has 21 heavy (non-hydrogen) atoms. The lowest BCUT2D eigenvalue weighted by atomic mass is 10.0. The Labute approximate surface area is 125 Å². The SMILES string of the molecule is COC(=O)c1nc(-c2cc(C#N)ccc2N)cc(N)c1Cl. The summed E-state index contributed by atoms with van der Waals surface area (Å²) in [5.74, 6) is -0.705. The molecule has 0 saturated heterocycles. The van der Waals surface area contributed by atoms with Gasteiger partial charge in [0.1, 0.15) is 0 Å². The summed E-state index contributed by atoms with van der Waals surface area (Å²) in [6.45, 7) is 0. The van der Waals surface area contributed by atoms with Gasteiger partial charge in [0.2, 0.25) is 0 Å². The van der Waals surface area contributed by atoms with Crippen LogP contribution in [0, 0.1) is 11.3 Å². The standard InChI is InChI=1S/C14H11ClN4O2/c1-21-14(20)13-12(15)10(18)5-11(19-13)8-4-7(6-16)2-3-9(8)17/h2-5H,17H2,1H3,(H2,18,19). The van der Waals surface area contributed by atoms with Crippen LogP contribution in [0.2, 0.25) is 5.02 Å². The van der Waals surface area contributed by atoms with Crippen LogP contribution in [0.1, 0.15) is 16.1 Å². The molecule has 0 atom stereocenters. The van der Waals surface area contributed by atoms with E-state index in [1.54, 1.807) is 18.2 Å². The number of anilines is 2. The number of pyridine rings is 1. The molecule has 0 amide bonds. The van der Waals surface area contributed by atoms with Crippen molar-refractivity contribution in [1.82, 2.24) is 4.98 Å². The van der Waals surface area contributed by atoms with E-state index in [-0.39, 0.29) is 16.4 Å². The third kappa shape index (κ3) is 2.73. The summed E-state index contributed by atoms with van der Waals surface area (Å²) in [5, 5.41) is 8.96. The van der Waals surface area contributed by atoms with Crippen LogP contribution in [0.4, 0.5) is 11.4 Å². The van der Waals surface area contributed by atoms with Gasteiger partial charge in [-0.1, -0.05) is 11.6 Å². The van der Waals surface area contributed by atoms with Gasteiger partial charge in [0.25, 0.3) is 0 Å². The Bertz CT molecular complexity index is 768. The zero-order valence-corrected chi connectivity index (χ0v) is 11.8. The van der Waals surface area contributed by atoms with Crippen molar-refractivity contribution in [3.63, 3.8) is 0 Å². The fourth-order valence-corrected chi connectivity index (χ4v) is 1.94. The van der Waals surface area contributed by atoms with Crippen LogP contribution < -0.4 is 11.5 Å². The third-order valence-electron chi connectivity index (χ3n) is 2.82. The number of carbonyl (C=O) groups is 1. The van der Waals surface area contributed by atoms with Crippen molar-refractivity contribution in [3.8, 4) is 17.3 Å². The maximum Gasteiger partial charge on any atom is 0.358 e. The number of benzene rings is 1. The fourth-order valence-electron chi connectivity index (χ4n) is 1.77. The van der Waals surface area contributed by atoms with Crippen molar-refractivity contribution in [2.24, 2.45) is 0 Å². The van der Waals surface area contributed by atoms with E-state index in [1.807, 2.05) is 6.07 Å². The average Bonchev–Trinajstić information content (AvgIpc) is 2.49. The number of carbonyl (C=O) groups excluding carboxylic acids is 1. The molecule has 2 aromatic rings. The van der Waals surface area contributed by atoms with E-state index in [1.165, 1.54) is 13.2 Å². The maximum absolute atomic E-state index is 11.7. The van der Waals surface area contributed by atoms with Gasteiger partial charge < -0.3 is 16.2 Å². The molecule has 0 saturated carbocycles. The van der Waals surface area contributed by atoms with E-state index in [9.17, 15) is 4.79 Å². The highest BCUT2D eigenvalue weighted by atomic mass is 35.5. The van der Waals surface area contributed by atoms with Gasteiger partial charge in [-0.3, -0.25) is 0 Å². The normalized spacial score (nSPS) is 9.95. The first-order chi connectivity index (χ1) is 9.97. The quantitative estimate of drug-likeness (QED) is 0.649. The molecule has 0 aliphatic rings. The van der Waals surface area contributed by atoms with Crippen LogP contribution in [0.5, 0.6) is 0 Å². The predicted octanol–water partition coefficient (Wildman–Crippen LogP) is 2.22. The Kier molecular flexibility index (Phi) is 3.96. The van der Waals surface area contributed by atoms with Gasteiger partial charge in [-0.05, 0) is 24.3 Å². The summed E-state index contributed by atoms with van der Waals surface area (Å²) in [7, 11) is 1.22. The highest BCUT2D eigenvalue weighted by Crippen LogP contribution is 2.31. The lowest BCUT2D eigenvalue weighted by Gasteiger charge is -2.10. The number of aromatic nitrogens is 1. The predicted molar refractivity (Wildman–Crippen MR) is 79.6 cm³/mol. The number of rotatable bonds is 2. The maximum atomic E-state index is 11.7. The molecule has 0 fully saturated rings. The molecule has 0 unspecified atom stereocenters. The Morgan fingerprint density at radius 3 is 2.67 bits per heavy atom. The van der Waals surface area contributed by atoms with Crippen molar-refractivity contribution in [3.05, 3.63) is 40.5 Å². The second-order valence-electron chi connectivity index (χ2n) is 4.16. The van der Waals surface area contributed by atoms with E-state index in [0.717, 1.165) is 0 Å². The molecule has 0 aliphatic heterocycles. The Hall–Kier alpha value is -2.78. The first kappa shape index (κ1) is 14.6. The average molecular weight is 303 g/mol. The third-order valence-corrected chi connectivity index (χ3v) is 3.22. The fraction of sp³-hybridized carbons (Fsp3) is 0.0714. The van der Waals surface area contributed by atoms with E-state index in [2.05, 4.69) is 9.72 Å². The number of methoxy groups -OCH3 is 1. The zero-order chi connectivity index (χ0) is 15.6. The van der Waals surface area contributed by atoms with Crippen LogP contribution in [0.25, 0.3) is 11.3 Å². The molecule has 0 radical (unpaired) electrons. The number of hydrogen-bond donors (Lipinski definition) is 2. The Morgan fingerprint density at radius 1 is 1.33 bits per heavy atom. The number of nitrogen functional groups attached to an aromatic ring is 2. The molecule has 0 bridgehead atoms. The second kappa shape index (κ2) is 5.69. The monoisotopic (exact) mass is 302 g/mol. The molecule has 1 heterocycles.